The third-order valence-corrected chi connectivity index (χ3v) is 3.59. The van der Waals surface area contributed by atoms with Gasteiger partial charge in [0.1, 0.15) is 0 Å². The molecule has 1 heterocycles. The molecule has 1 aliphatic heterocycles. The molecule has 0 bridgehead atoms. The van der Waals surface area contributed by atoms with Gasteiger partial charge in [0.15, 0.2) is 0 Å². The van der Waals surface area contributed by atoms with Crippen molar-refractivity contribution in [2.45, 2.75) is 32.4 Å². The molecule has 2 N–H and O–H groups in total. The zero-order chi connectivity index (χ0) is 11.4. The minimum Gasteiger partial charge on any atom is -0.316 e. The lowest BCUT2D eigenvalue weighted by Gasteiger charge is -2.34. The monoisotopic (exact) mass is 218 g/mol. The van der Waals surface area contributed by atoms with Crippen molar-refractivity contribution < 1.29 is 0 Å². The predicted molar refractivity (Wildman–Crippen MR) is 68.1 cm³/mol. The van der Waals surface area contributed by atoms with Crippen molar-refractivity contribution in [3.63, 3.8) is 0 Å². The van der Waals surface area contributed by atoms with Gasteiger partial charge in [0.05, 0.1) is 6.17 Å². The largest absolute Gasteiger partial charge is 0.316 e. The van der Waals surface area contributed by atoms with Crippen molar-refractivity contribution in [2.75, 3.05) is 13.1 Å². The molecule has 2 rings (SSSR count). The van der Waals surface area contributed by atoms with E-state index in [-0.39, 0.29) is 6.17 Å². The van der Waals surface area contributed by atoms with Crippen molar-refractivity contribution in [1.29, 1.82) is 0 Å². The zero-order valence-electron chi connectivity index (χ0n) is 10.1. The maximum absolute atomic E-state index is 5.89. The highest BCUT2D eigenvalue weighted by atomic mass is 15.2. The standard InChI is InChI=1S/C14H22N2/c1-12(15)16-9-7-14(8-10-16)11-13-5-3-2-4-6-13/h2-6,12,14H,7-11,15H2,1H3. The molecule has 1 unspecified atom stereocenters. The smallest absolute Gasteiger partial charge is 0.0542 e. The first kappa shape index (κ1) is 11.6. The van der Waals surface area contributed by atoms with Crippen molar-refractivity contribution in [2.24, 2.45) is 11.7 Å². The highest BCUT2D eigenvalue weighted by Gasteiger charge is 2.20. The molecule has 1 aliphatic rings. The molecule has 88 valence electrons. The minimum absolute atomic E-state index is 0.220. The molecule has 0 amide bonds. The van der Waals surface area contributed by atoms with Crippen LogP contribution in [-0.2, 0) is 6.42 Å². The van der Waals surface area contributed by atoms with Gasteiger partial charge in [-0.3, -0.25) is 4.90 Å². The summed E-state index contributed by atoms with van der Waals surface area (Å²) >= 11 is 0. The highest BCUT2D eigenvalue weighted by molar-refractivity contribution is 5.15. The quantitative estimate of drug-likeness (QED) is 0.843. The van der Waals surface area contributed by atoms with Crippen LogP contribution in [0.4, 0.5) is 0 Å². The lowest BCUT2D eigenvalue weighted by molar-refractivity contribution is 0.143. The lowest BCUT2D eigenvalue weighted by Crippen LogP contribution is -2.44. The fourth-order valence-electron chi connectivity index (χ4n) is 2.51. The van der Waals surface area contributed by atoms with Gasteiger partial charge in [-0.2, -0.15) is 0 Å². The topological polar surface area (TPSA) is 29.3 Å². The average molecular weight is 218 g/mol. The van der Waals surface area contributed by atoms with E-state index in [0.717, 1.165) is 19.0 Å². The first-order valence-corrected chi connectivity index (χ1v) is 6.29. The van der Waals surface area contributed by atoms with Crippen LogP contribution in [0.2, 0.25) is 0 Å². The van der Waals surface area contributed by atoms with Gasteiger partial charge < -0.3 is 5.73 Å². The molecule has 1 aromatic rings. The fourth-order valence-corrected chi connectivity index (χ4v) is 2.51. The van der Waals surface area contributed by atoms with Gasteiger partial charge in [0.2, 0.25) is 0 Å². The van der Waals surface area contributed by atoms with Crippen molar-refractivity contribution in [1.82, 2.24) is 4.90 Å². The summed E-state index contributed by atoms with van der Waals surface area (Å²) in [5, 5.41) is 0. The SMILES string of the molecule is CC(N)N1CCC(Cc2ccccc2)CC1. The molecule has 0 aromatic heterocycles. The number of hydrogen-bond donors (Lipinski definition) is 1. The second-order valence-corrected chi connectivity index (χ2v) is 4.91. The van der Waals surface area contributed by atoms with Gasteiger partial charge in [-0.1, -0.05) is 30.3 Å². The third kappa shape index (κ3) is 3.06. The van der Waals surface area contributed by atoms with Crippen molar-refractivity contribution >= 4 is 0 Å². The van der Waals surface area contributed by atoms with E-state index in [1.165, 1.54) is 24.8 Å². The molecule has 0 aliphatic carbocycles. The van der Waals surface area contributed by atoms with Gasteiger partial charge in [-0.15, -0.1) is 0 Å². The Labute approximate surface area is 98.4 Å². The normalized spacial score (nSPS) is 20.9. The van der Waals surface area contributed by atoms with Crippen LogP contribution in [0, 0.1) is 5.92 Å². The van der Waals surface area contributed by atoms with Gasteiger partial charge in [-0.25, -0.2) is 0 Å². The Morgan fingerprint density at radius 2 is 1.88 bits per heavy atom. The average Bonchev–Trinajstić information content (AvgIpc) is 2.31. The number of piperidine rings is 1. The predicted octanol–water partition coefficient (Wildman–Crippen LogP) is 2.25. The van der Waals surface area contributed by atoms with Gasteiger partial charge in [0.25, 0.3) is 0 Å². The Hall–Kier alpha value is -0.860. The summed E-state index contributed by atoms with van der Waals surface area (Å²) in [5.41, 5.74) is 7.36. The molecule has 2 heteroatoms. The summed E-state index contributed by atoms with van der Waals surface area (Å²) in [6.45, 7) is 4.40. The Balaban J connectivity index is 1.82. The van der Waals surface area contributed by atoms with E-state index in [2.05, 4.69) is 42.2 Å². The molecular formula is C14H22N2. The van der Waals surface area contributed by atoms with Crippen LogP contribution in [0.25, 0.3) is 0 Å². The second kappa shape index (κ2) is 5.46. The number of benzene rings is 1. The summed E-state index contributed by atoms with van der Waals surface area (Å²) in [7, 11) is 0. The number of nitrogens with zero attached hydrogens (tertiary/aromatic N) is 1. The lowest BCUT2D eigenvalue weighted by atomic mass is 9.90. The van der Waals surface area contributed by atoms with Crippen LogP contribution in [0.1, 0.15) is 25.3 Å². The molecule has 16 heavy (non-hydrogen) atoms. The number of nitrogens with two attached hydrogens (primary N) is 1. The number of rotatable bonds is 3. The van der Waals surface area contributed by atoms with Crippen LogP contribution in [-0.4, -0.2) is 24.2 Å². The van der Waals surface area contributed by atoms with Crippen LogP contribution in [0.5, 0.6) is 0 Å². The maximum Gasteiger partial charge on any atom is 0.0542 e. The molecule has 0 spiro atoms. The summed E-state index contributed by atoms with van der Waals surface area (Å²) in [4.78, 5) is 2.38. The number of likely N-dealkylation sites (tertiary alicyclic amines) is 1. The second-order valence-electron chi connectivity index (χ2n) is 4.91. The Kier molecular flexibility index (Phi) is 3.97. The molecule has 0 radical (unpaired) electrons. The Morgan fingerprint density at radius 1 is 1.25 bits per heavy atom. The van der Waals surface area contributed by atoms with E-state index < -0.39 is 0 Å². The summed E-state index contributed by atoms with van der Waals surface area (Å²) in [6.07, 6.45) is 4.03. The first-order chi connectivity index (χ1) is 7.75. The third-order valence-electron chi connectivity index (χ3n) is 3.59. The van der Waals surface area contributed by atoms with Crippen LogP contribution < -0.4 is 5.73 Å². The Morgan fingerprint density at radius 3 is 2.44 bits per heavy atom. The zero-order valence-corrected chi connectivity index (χ0v) is 10.1. The van der Waals surface area contributed by atoms with Crippen LogP contribution in [0.3, 0.4) is 0 Å². The summed E-state index contributed by atoms with van der Waals surface area (Å²) in [5.74, 6) is 0.845. The molecule has 2 nitrogen and oxygen atoms in total. The van der Waals surface area contributed by atoms with Crippen LogP contribution in [0.15, 0.2) is 30.3 Å². The molecule has 0 saturated carbocycles. The maximum atomic E-state index is 5.89. The molecule has 1 aromatic carbocycles. The van der Waals surface area contributed by atoms with Crippen molar-refractivity contribution in [3.8, 4) is 0 Å². The van der Waals surface area contributed by atoms with Crippen molar-refractivity contribution in [3.05, 3.63) is 35.9 Å². The van der Waals surface area contributed by atoms with Crippen LogP contribution >= 0.6 is 0 Å². The minimum atomic E-state index is 0.220. The van der Waals surface area contributed by atoms with Gasteiger partial charge in [-0.05, 0) is 50.8 Å². The van der Waals surface area contributed by atoms with E-state index in [1.54, 1.807) is 0 Å². The van der Waals surface area contributed by atoms with Gasteiger partial charge in [0, 0.05) is 0 Å². The van der Waals surface area contributed by atoms with E-state index in [4.69, 9.17) is 5.73 Å². The van der Waals surface area contributed by atoms with E-state index >= 15 is 0 Å². The van der Waals surface area contributed by atoms with E-state index in [0.29, 0.717) is 0 Å². The fraction of sp³-hybridized carbons (Fsp3) is 0.571. The Bertz CT molecular complexity index is 300. The van der Waals surface area contributed by atoms with E-state index in [9.17, 15) is 0 Å². The molecular weight excluding hydrogens is 196 g/mol. The first-order valence-electron chi connectivity index (χ1n) is 6.29. The number of hydrogen-bond acceptors (Lipinski definition) is 2. The summed E-state index contributed by atoms with van der Waals surface area (Å²) < 4.78 is 0. The van der Waals surface area contributed by atoms with E-state index in [1.807, 2.05) is 0 Å². The summed E-state index contributed by atoms with van der Waals surface area (Å²) in [6, 6.07) is 10.8. The van der Waals surface area contributed by atoms with Gasteiger partial charge >= 0.3 is 0 Å². The highest BCUT2D eigenvalue weighted by Crippen LogP contribution is 2.21. The molecule has 1 fully saturated rings. The molecule has 1 saturated heterocycles. The molecule has 1 atom stereocenters.